The average molecular weight is 381 g/mol. The Hall–Kier alpha value is -2.42. The van der Waals surface area contributed by atoms with Crippen LogP contribution in [0.2, 0.25) is 0 Å². The number of ether oxygens (including phenoxy) is 1. The zero-order chi connectivity index (χ0) is 19.6. The van der Waals surface area contributed by atoms with Crippen molar-refractivity contribution in [2.75, 3.05) is 45.9 Å². The van der Waals surface area contributed by atoms with E-state index in [4.69, 9.17) is 10.00 Å². The predicted octanol–water partition coefficient (Wildman–Crippen LogP) is 3.72. The molecule has 28 heavy (non-hydrogen) atoms. The van der Waals surface area contributed by atoms with E-state index >= 15 is 0 Å². The number of unbranched alkanes of at least 4 members (excludes halogenated alkanes) is 1. The Morgan fingerprint density at radius 1 is 0.857 bits per heavy atom. The Labute approximate surface area is 167 Å². The lowest BCUT2D eigenvalue weighted by Crippen LogP contribution is -2.47. The average Bonchev–Trinajstić information content (AvgIpc) is 2.74. The summed E-state index contributed by atoms with van der Waals surface area (Å²) < 4.78 is 18.6. The van der Waals surface area contributed by atoms with Crippen LogP contribution in [0, 0.1) is 17.1 Å². The molecule has 2 aromatic carbocycles. The number of hydrogen-bond donors (Lipinski definition) is 0. The van der Waals surface area contributed by atoms with E-state index in [0.717, 1.165) is 57.0 Å². The fourth-order valence-corrected chi connectivity index (χ4v) is 3.47. The number of nitriles is 1. The molecule has 0 bridgehead atoms. The minimum Gasteiger partial charge on any atom is -0.492 e. The van der Waals surface area contributed by atoms with Gasteiger partial charge in [0.1, 0.15) is 18.2 Å². The van der Waals surface area contributed by atoms with Crippen LogP contribution in [0.25, 0.3) is 0 Å². The fraction of sp³-hybridized carbons (Fsp3) is 0.435. The number of hydrogen-bond acceptors (Lipinski definition) is 4. The summed E-state index contributed by atoms with van der Waals surface area (Å²) in [5, 5.41) is 8.84. The van der Waals surface area contributed by atoms with Crippen molar-refractivity contribution in [2.45, 2.75) is 19.3 Å². The van der Waals surface area contributed by atoms with Gasteiger partial charge in [0.05, 0.1) is 11.6 Å². The molecule has 0 amide bonds. The summed E-state index contributed by atoms with van der Waals surface area (Å²) in [6, 6.07) is 16.3. The maximum atomic E-state index is 12.9. The topological polar surface area (TPSA) is 39.5 Å². The Kier molecular flexibility index (Phi) is 7.83. The van der Waals surface area contributed by atoms with E-state index in [-0.39, 0.29) is 5.82 Å². The van der Waals surface area contributed by atoms with E-state index in [0.29, 0.717) is 6.61 Å². The van der Waals surface area contributed by atoms with Gasteiger partial charge in [-0.2, -0.15) is 5.26 Å². The summed E-state index contributed by atoms with van der Waals surface area (Å²) >= 11 is 0. The predicted molar refractivity (Wildman–Crippen MR) is 109 cm³/mol. The zero-order valence-corrected chi connectivity index (χ0v) is 16.3. The van der Waals surface area contributed by atoms with Crippen LogP contribution >= 0.6 is 0 Å². The smallest absolute Gasteiger partial charge is 0.123 e. The van der Waals surface area contributed by atoms with Gasteiger partial charge in [0.15, 0.2) is 0 Å². The Morgan fingerprint density at radius 3 is 2.14 bits per heavy atom. The molecule has 0 aromatic heterocycles. The van der Waals surface area contributed by atoms with Gasteiger partial charge in [-0.1, -0.05) is 12.1 Å². The minimum absolute atomic E-state index is 0.236. The lowest BCUT2D eigenvalue weighted by molar-refractivity contribution is 0.116. The monoisotopic (exact) mass is 381 g/mol. The Bertz CT molecular complexity index is 747. The van der Waals surface area contributed by atoms with Gasteiger partial charge in [0.25, 0.3) is 0 Å². The molecule has 5 heteroatoms. The number of rotatable bonds is 9. The molecule has 1 aliphatic rings. The number of piperazine rings is 1. The maximum Gasteiger partial charge on any atom is 0.123 e. The molecular formula is C23H28FN3O. The molecule has 0 aliphatic carbocycles. The van der Waals surface area contributed by atoms with Gasteiger partial charge >= 0.3 is 0 Å². The largest absolute Gasteiger partial charge is 0.492 e. The summed E-state index contributed by atoms with van der Waals surface area (Å²) in [6.07, 6.45) is 3.46. The van der Waals surface area contributed by atoms with Crippen LogP contribution in [-0.2, 0) is 6.42 Å². The first kappa shape index (κ1) is 20.3. The lowest BCUT2D eigenvalue weighted by Gasteiger charge is -2.34. The highest BCUT2D eigenvalue weighted by molar-refractivity contribution is 5.31. The Balaban J connectivity index is 1.24. The summed E-state index contributed by atoms with van der Waals surface area (Å²) in [5.41, 5.74) is 2.04. The molecule has 0 N–H and O–H groups in total. The highest BCUT2D eigenvalue weighted by Gasteiger charge is 2.16. The molecule has 0 radical (unpaired) electrons. The molecule has 3 rings (SSSR count). The van der Waals surface area contributed by atoms with Crippen molar-refractivity contribution in [2.24, 2.45) is 0 Å². The molecule has 1 heterocycles. The number of halogens is 1. The highest BCUT2D eigenvalue weighted by atomic mass is 19.1. The fourth-order valence-electron chi connectivity index (χ4n) is 3.47. The van der Waals surface area contributed by atoms with Gasteiger partial charge < -0.3 is 9.64 Å². The quantitative estimate of drug-likeness (QED) is 0.621. The zero-order valence-electron chi connectivity index (χ0n) is 16.3. The maximum absolute atomic E-state index is 12.9. The standard InChI is InChI=1S/C23H28FN3O/c24-22-8-10-23(11-9-22)28-18-17-27-15-13-26(14-16-27)12-2-1-3-20-4-6-21(19-25)7-5-20/h4-11H,1-3,12-18H2. The summed E-state index contributed by atoms with van der Waals surface area (Å²) in [5.74, 6) is 0.489. The normalized spacial score (nSPS) is 15.3. The molecule has 1 aliphatic heterocycles. The van der Waals surface area contributed by atoms with Gasteiger partial charge in [0.2, 0.25) is 0 Å². The third-order valence-corrected chi connectivity index (χ3v) is 5.23. The highest BCUT2D eigenvalue weighted by Crippen LogP contribution is 2.12. The molecule has 0 unspecified atom stereocenters. The Morgan fingerprint density at radius 2 is 1.50 bits per heavy atom. The molecule has 148 valence electrons. The van der Waals surface area contributed by atoms with Gasteiger partial charge in [0, 0.05) is 32.7 Å². The van der Waals surface area contributed by atoms with Crippen molar-refractivity contribution in [1.29, 1.82) is 5.26 Å². The van der Waals surface area contributed by atoms with E-state index in [1.54, 1.807) is 12.1 Å². The SMILES string of the molecule is N#Cc1ccc(CCCCN2CCN(CCOc3ccc(F)cc3)CC2)cc1. The van der Waals surface area contributed by atoms with Crippen molar-refractivity contribution < 1.29 is 9.13 Å². The number of aryl methyl sites for hydroxylation is 1. The molecule has 4 nitrogen and oxygen atoms in total. The third-order valence-electron chi connectivity index (χ3n) is 5.23. The van der Waals surface area contributed by atoms with Crippen LogP contribution in [0.1, 0.15) is 24.0 Å². The summed E-state index contributed by atoms with van der Waals surface area (Å²) in [4.78, 5) is 4.97. The van der Waals surface area contributed by atoms with Gasteiger partial charge in [-0.25, -0.2) is 4.39 Å². The number of nitrogens with zero attached hydrogens (tertiary/aromatic N) is 3. The van der Waals surface area contributed by atoms with Gasteiger partial charge in [-0.15, -0.1) is 0 Å². The lowest BCUT2D eigenvalue weighted by atomic mass is 10.1. The first-order valence-electron chi connectivity index (χ1n) is 10.0. The van der Waals surface area contributed by atoms with Crippen LogP contribution in [0.15, 0.2) is 48.5 Å². The van der Waals surface area contributed by atoms with Crippen LogP contribution in [0.5, 0.6) is 5.75 Å². The summed E-state index contributed by atoms with van der Waals surface area (Å²) in [7, 11) is 0. The first-order valence-corrected chi connectivity index (χ1v) is 10.0. The van der Waals surface area contributed by atoms with Crippen LogP contribution in [0.3, 0.4) is 0 Å². The van der Waals surface area contributed by atoms with E-state index in [9.17, 15) is 4.39 Å². The molecular weight excluding hydrogens is 353 g/mol. The van der Waals surface area contributed by atoms with E-state index < -0.39 is 0 Å². The van der Waals surface area contributed by atoms with Crippen molar-refractivity contribution >= 4 is 0 Å². The molecule has 0 spiro atoms. The second-order valence-corrected chi connectivity index (χ2v) is 7.25. The second kappa shape index (κ2) is 10.8. The van der Waals surface area contributed by atoms with Crippen molar-refractivity contribution in [3.05, 3.63) is 65.5 Å². The first-order chi connectivity index (χ1) is 13.7. The van der Waals surface area contributed by atoms with Crippen LogP contribution in [0.4, 0.5) is 4.39 Å². The van der Waals surface area contributed by atoms with Crippen molar-refractivity contribution in [1.82, 2.24) is 9.80 Å². The molecule has 1 saturated heterocycles. The minimum atomic E-state index is -0.236. The van der Waals surface area contributed by atoms with E-state index in [1.807, 2.05) is 12.1 Å². The van der Waals surface area contributed by atoms with Crippen LogP contribution < -0.4 is 4.74 Å². The molecule has 0 atom stereocenters. The molecule has 2 aromatic rings. The molecule has 0 saturated carbocycles. The van der Waals surface area contributed by atoms with Gasteiger partial charge in [-0.05, 0) is 67.8 Å². The third kappa shape index (κ3) is 6.63. The van der Waals surface area contributed by atoms with Crippen molar-refractivity contribution in [3.8, 4) is 11.8 Å². The second-order valence-electron chi connectivity index (χ2n) is 7.25. The molecule has 1 fully saturated rings. The number of benzene rings is 2. The van der Waals surface area contributed by atoms with Crippen molar-refractivity contribution in [3.63, 3.8) is 0 Å². The van der Waals surface area contributed by atoms with E-state index in [2.05, 4.69) is 28.0 Å². The van der Waals surface area contributed by atoms with Crippen LogP contribution in [-0.4, -0.2) is 55.7 Å². The summed E-state index contributed by atoms with van der Waals surface area (Å²) in [6.45, 7) is 7.04. The van der Waals surface area contributed by atoms with E-state index in [1.165, 1.54) is 30.5 Å². The van der Waals surface area contributed by atoms with Gasteiger partial charge in [-0.3, -0.25) is 4.90 Å².